The molecule has 1 atom stereocenters. The molecule has 38 heavy (non-hydrogen) atoms. The summed E-state index contributed by atoms with van der Waals surface area (Å²) in [5, 5.41) is 3.51. The standard InChI is InChI=1S/C27H28Cl3N3O4S/c1-4-25(27(35)31-3)32(16-22-23(29)9-6-10-24(22)30)26(34)17-33(20-8-5-7-19(28)15-20)38(36,37)21-13-11-18(2)12-14-21/h5-15,25H,4,16-17H2,1-3H3,(H,31,35)/t25-/m0/s1. The van der Waals surface area contributed by atoms with Gasteiger partial charge < -0.3 is 10.2 Å². The quantitative estimate of drug-likeness (QED) is 0.325. The summed E-state index contributed by atoms with van der Waals surface area (Å²) in [7, 11) is -2.72. The molecule has 0 aromatic heterocycles. The summed E-state index contributed by atoms with van der Waals surface area (Å²) < 4.78 is 28.6. The molecule has 0 saturated heterocycles. The van der Waals surface area contributed by atoms with Gasteiger partial charge in [0.05, 0.1) is 10.6 Å². The Bertz CT molecular complexity index is 1400. The van der Waals surface area contributed by atoms with Gasteiger partial charge in [-0.3, -0.25) is 13.9 Å². The van der Waals surface area contributed by atoms with Crippen molar-refractivity contribution in [3.8, 4) is 0 Å². The molecule has 0 saturated carbocycles. The monoisotopic (exact) mass is 595 g/mol. The lowest BCUT2D eigenvalue weighted by atomic mass is 10.1. The van der Waals surface area contributed by atoms with Crippen LogP contribution >= 0.6 is 34.8 Å². The van der Waals surface area contributed by atoms with Crippen LogP contribution in [0, 0.1) is 6.92 Å². The van der Waals surface area contributed by atoms with Gasteiger partial charge in [-0.25, -0.2) is 8.42 Å². The van der Waals surface area contributed by atoms with Gasteiger partial charge in [0.25, 0.3) is 10.0 Å². The highest BCUT2D eigenvalue weighted by atomic mass is 35.5. The van der Waals surface area contributed by atoms with Crippen molar-refractivity contribution in [2.75, 3.05) is 17.9 Å². The largest absolute Gasteiger partial charge is 0.357 e. The Morgan fingerprint density at radius 3 is 2.11 bits per heavy atom. The van der Waals surface area contributed by atoms with E-state index in [1.807, 2.05) is 6.92 Å². The Labute approximate surface area is 238 Å². The van der Waals surface area contributed by atoms with Crippen molar-refractivity contribution in [2.24, 2.45) is 0 Å². The van der Waals surface area contributed by atoms with Crippen LogP contribution in [0.2, 0.25) is 15.1 Å². The molecule has 0 aliphatic rings. The van der Waals surface area contributed by atoms with Crippen molar-refractivity contribution in [3.63, 3.8) is 0 Å². The lowest BCUT2D eigenvalue weighted by molar-refractivity contribution is -0.140. The number of aryl methyl sites for hydroxylation is 1. The Morgan fingerprint density at radius 2 is 1.55 bits per heavy atom. The number of nitrogens with one attached hydrogen (secondary N) is 1. The third kappa shape index (κ3) is 6.80. The first-order valence-electron chi connectivity index (χ1n) is 11.8. The van der Waals surface area contributed by atoms with Crippen molar-refractivity contribution in [2.45, 2.75) is 37.8 Å². The molecule has 0 heterocycles. The predicted molar refractivity (Wildman–Crippen MR) is 152 cm³/mol. The van der Waals surface area contributed by atoms with E-state index in [2.05, 4.69) is 5.32 Å². The molecule has 0 unspecified atom stereocenters. The molecular weight excluding hydrogens is 569 g/mol. The highest BCUT2D eigenvalue weighted by Crippen LogP contribution is 2.29. The minimum absolute atomic E-state index is 0.00918. The minimum Gasteiger partial charge on any atom is -0.357 e. The molecule has 202 valence electrons. The highest BCUT2D eigenvalue weighted by molar-refractivity contribution is 7.92. The molecule has 3 aromatic rings. The Balaban J connectivity index is 2.10. The van der Waals surface area contributed by atoms with Crippen LogP contribution in [-0.2, 0) is 26.2 Å². The molecule has 3 aromatic carbocycles. The van der Waals surface area contributed by atoms with Crippen LogP contribution in [0.15, 0.2) is 71.6 Å². The number of sulfonamides is 1. The van der Waals surface area contributed by atoms with Gasteiger partial charge in [-0.1, -0.05) is 71.6 Å². The number of likely N-dealkylation sites (N-methyl/N-ethyl adjacent to an activating group) is 1. The molecule has 3 rings (SSSR count). The highest BCUT2D eigenvalue weighted by Gasteiger charge is 2.34. The molecule has 11 heteroatoms. The van der Waals surface area contributed by atoms with Gasteiger partial charge in [-0.05, 0) is 55.8 Å². The second-order valence-corrected chi connectivity index (χ2v) is 11.7. The maximum atomic E-state index is 13.9. The number of rotatable bonds is 10. The summed E-state index contributed by atoms with van der Waals surface area (Å²) in [6.07, 6.45) is 0.273. The van der Waals surface area contributed by atoms with E-state index in [1.54, 1.807) is 55.5 Å². The van der Waals surface area contributed by atoms with E-state index >= 15 is 0 Å². The van der Waals surface area contributed by atoms with Gasteiger partial charge >= 0.3 is 0 Å². The van der Waals surface area contributed by atoms with Gasteiger partial charge in [0.15, 0.2) is 0 Å². The molecule has 0 radical (unpaired) electrons. The zero-order valence-electron chi connectivity index (χ0n) is 21.1. The lowest BCUT2D eigenvalue weighted by Crippen LogP contribution is -2.51. The van der Waals surface area contributed by atoms with Crippen LogP contribution < -0.4 is 9.62 Å². The van der Waals surface area contributed by atoms with Crippen LogP contribution in [0.5, 0.6) is 0 Å². The van der Waals surface area contributed by atoms with Gasteiger partial charge in [-0.2, -0.15) is 0 Å². The van der Waals surface area contributed by atoms with Crippen molar-refractivity contribution < 1.29 is 18.0 Å². The number of carbonyl (C=O) groups excluding carboxylic acids is 2. The Hall–Kier alpha value is -2.78. The molecule has 0 bridgehead atoms. The number of halogens is 3. The zero-order valence-corrected chi connectivity index (χ0v) is 24.2. The van der Waals surface area contributed by atoms with E-state index in [4.69, 9.17) is 34.8 Å². The fourth-order valence-corrected chi connectivity index (χ4v) is 6.04. The van der Waals surface area contributed by atoms with Crippen molar-refractivity contribution in [1.29, 1.82) is 0 Å². The molecule has 0 aliphatic carbocycles. The first-order valence-corrected chi connectivity index (χ1v) is 14.4. The number of nitrogens with zero attached hydrogens (tertiary/aromatic N) is 2. The molecule has 0 fully saturated rings. The average molecular weight is 597 g/mol. The minimum atomic E-state index is -4.19. The summed E-state index contributed by atoms with van der Waals surface area (Å²) in [5.41, 5.74) is 1.53. The van der Waals surface area contributed by atoms with Crippen LogP contribution in [0.1, 0.15) is 24.5 Å². The number of hydrogen-bond donors (Lipinski definition) is 1. The van der Waals surface area contributed by atoms with Gasteiger partial charge in [0.2, 0.25) is 11.8 Å². The summed E-state index contributed by atoms with van der Waals surface area (Å²) in [5.74, 6) is -1.02. The van der Waals surface area contributed by atoms with Crippen molar-refractivity contribution in [3.05, 3.63) is 92.9 Å². The molecule has 1 N–H and O–H groups in total. The maximum absolute atomic E-state index is 13.9. The molecular formula is C27H28Cl3N3O4S. The second kappa shape index (κ2) is 12.8. The van der Waals surface area contributed by atoms with Crippen LogP contribution in [0.4, 0.5) is 5.69 Å². The molecule has 0 aliphatic heterocycles. The second-order valence-electron chi connectivity index (χ2n) is 8.56. The van der Waals surface area contributed by atoms with Crippen LogP contribution in [0.25, 0.3) is 0 Å². The SMILES string of the molecule is CC[C@@H](C(=O)NC)N(Cc1c(Cl)cccc1Cl)C(=O)CN(c1cccc(Cl)c1)S(=O)(=O)c1ccc(C)cc1. The van der Waals surface area contributed by atoms with E-state index in [-0.39, 0.29) is 23.5 Å². The van der Waals surface area contributed by atoms with Crippen molar-refractivity contribution >= 4 is 62.3 Å². The number of carbonyl (C=O) groups is 2. The normalized spacial score (nSPS) is 12.1. The summed E-state index contributed by atoms with van der Waals surface area (Å²) in [4.78, 5) is 28.0. The molecule has 0 spiro atoms. The topological polar surface area (TPSA) is 86.8 Å². The fraction of sp³-hybridized carbons (Fsp3) is 0.259. The zero-order chi connectivity index (χ0) is 28.0. The fourth-order valence-electron chi connectivity index (χ4n) is 3.94. The smallest absolute Gasteiger partial charge is 0.264 e. The number of benzene rings is 3. The van der Waals surface area contributed by atoms with Crippen molar-refractivity contribution in [1.82, 2.24) is 10.2 Å². The van der Waals surface area contributed by atoms with E-state index in [1.165, 1.54) is 30.1 Å². The van der Waals surface area contributed by atoms with Crippen LogP contribution in [0.3, 0.4) is 0 Å². The average Bonchev–Trinajstić information content (AvgIpc) is 2.88. The number of amides is 2. The van der Waals surface area contributed by atoms with Gasteiger partial charge in [-0.15, -0.1) is 0 Å². The Morgan fingerprint density at radius 1 is 0.947 bits per heavy atom. The van der Waals surface area contributed by atoms with E-state index < -0.39 is 34.4 Å². The van der Waals surface area contributed by atoms with Gasteiger partial charge in [0, 0.05) is 34.2 Å². The third-order valence-electron chi connectivity index (χ3n) is 6.01. The van der Waals surface area contributed by atoms with E-state index in [0.717, 1.165) is 9.87 Å². The first-order chi connectivity index (χ1) is 18.0. The summed E-state index contributed by atoms with van der Waals surface area (Å²) in [6.45, 7) is 2.91. The Kier molecular flexibility index (Phi) is 10.1. The number of anilines is 1. The summed E-state index contributed by atoms with van der Waals surface area (Å²) in [6, 6.07) is 16.6. The number of hydrogen-bond acceptors (Lipinski definition) is 4. The maximum Gasteiger partial charge on any atom is 0.264 e. The van der Waals surface area contributed by atoms with Gasteiger partial charge in [0.1, 0.15) is 12.6 Å². The van der Waals surface area contributed by atoms with E-state index in [9.17, 15) is 18.0 Å². The molecule has 7 nitrogen and oxygen atoms in total. The van der Waals surface area contributed by atoms with Crippen LogP contribution in [-0.4, -0.2) is 44.8 Å². The predicted octanol–water partition coefficient (Wildman–Crippen LogP) is 5.70. The molecule has 2 amide bonds. The van der Waals surface area contributed by atoms with E-state index in [0.29, 0.717) is 20.6 Å². The lowest BCUT2D eigenvalue weighted by Gasteiger charge is -2.33. The summed E-state index contributed by atoms with van der Waals surface area (Å²) >= 11 is 18.9. The third-order valence-corrected chi connectivity index (χ3v) is 8.74. The first kappa shape index (κ1) is 29.8.